The van der Waals surface area contributed by atoms with Crippen LogP contribution in [-0.4, -0.2) is 19.8 Å². The zero-order valence-electron chi connectivity index (χ0n) is 12.9. The standard InChI is InChI=1S/C16H15ClF3NO2S/c1-11(12-6-4-3-5-7-12)21(2)24(22,23)13-8-9-15(17)14(10-13)16(18,19)20/h3-11H,1-2H3/t11-/m1/s1. The molecule has 0 aliphatic carbocycles. The molecule has 1 atom stereocenters. The lowest BCUT2D eigenvalue weighted by atomic mass is 10.1. The van der Waals surface area contributed by atoms with Crippen LogP contribution in [0.1, 0.15) is 24.1 Å². The summed E-state index contributed by atoms with van der Waals surface area (Å²) < 4.78 is 65.2. The molecule has 2 aromatic carbocycles. The van der Waals surface area contributed by atoms with Crippen LogP contribution < -0.4 is 0 Å². The summed E-state index contributed by atoms with van der Waals surface area (Å²) in [6.07, 6.45) is -4.73. The second-order valence-electron chi connectivity index (χ2n) is 5.25. The SMILES string of the molecule is C[C@H](c1ccccc1)N(C)S(=O)(=O)c1ccc(Cl)c(C(F)(F)F)c1. The Morgan fingerprint density at radius 2 is 1.67 bits per heavy atom. The summed E-state index contributed by atoms with van der Waals surface area (Å²) in [6.45, 7) is 1.66. The lowest BCUT2D eigenvalue weighted by Gasteiger charge is -2.25. The van der Waals surface area contributed by atoms with Crippen LogP contribution >= 0.6 is 11.6 Å². The van der Waals surface area contributed by atoms with Crippen molar-refractivity contribution in [2.75, 3.05) is 7.05 Å². The molecule has 0 bridgehead atoms. The van der Waals surface area contributed by atoms with E-state index in [2.05, 4.69) is 0 Å². The third kappa shape index (κ3) is 3.74. The average Bonchev–Trinajstić information content (AvgIpc) is 2.53. The first-order valence-electron chi connectivity index (χ1n) is 6.95. The van der Waals surface area contributed by atoms with Crippen LogP contribution in [0.5, 0.6) is 0 Å². The van der Waals surface area contributed by atoms with Crippen LogP contribution in [0.25, 0.3) is 0 Å². The van der Waals surface area contributed by atoms with E-state index in [1.807, 2.05) is 0 Å². The van der Waals surface area contributed by atoms with Gasteiger partial charge < -0.3 is 0 Å². The van der Waals surface area contributed by atoms with Gasteiger partial charge in [-0.05, 0) is 30.7 Å². The number of hydrogen-bond donors (Lipinski definition) is 0. The van der Waals surface area contributed by atoms with Crippen molar-refractivity contribution >= 4 is 21.6 Å². The van der Waals surface area contributed by atoms with Crippen molar-refractivity contribution in [2.45, 2.75) is 24.0 Å². The Kier molecular flexibility index (Phi) is 5.27. The van der Waals surface area contributed by atoms with Gasteiger partial charge >= 0.3 is 6.18 Å². The summed E-state index contributed by atoms with van der Waals surface area (Å²) in [6, 6.07) is 10.8. The second-order valence-corrected chi connectivity index (χ2v) is 7.65. The Morgan fingerprint density at radius 3 is 2.21 bits per heavy atom. The van der Waals surface area contributed by atoms with E-state index >= 15 is 0 Å². The van der Waals surface area contributed by atoms with E-state index in [0.29, 0.717) is 6.07 Å². The summed E-state index contributed by atoms with van der Waals surface area (Å²) in [7, 11) is -2.78. The predicted molar refractivity (Wildman–Crippen MR) is 86.3 cm³/mol. The zero-order valence-corrected chi connectivity index (χ0v) is 14.5. The quantitative estimate of drug-likeness (QED) is 0.771. The van der Waals surface area contributed by atoms with Crippen LogP contribution in [0.15, 0.2) is 53.4 Å². The van der Waals surface area contributed by atoms with Gasteiger partial charge in [-0.3, -0.25) is 0 Å². The molecular formula is C16H15ClF3NO2S. The Labute approximate surface area is 143 Å². The van der Waals surface area contributed by atoms with Crippen molar-refractivity contribution in [3.63, 3.8) is 0 Å². The Morgan fingerprint density at radius 1 is 1.08 bits per heavy atom. The first kappa shape index (κ1) is 18.8. The van der Waals surface area contributed by atoms with E-state index in [9.17, 15) is 21.6 Å². The fourth-order valence-electron chi connectivity index (χ4n) is 2.20. The molecule has 8 heteroatoms. The number of benzene rings is 2. The molecule has 0 aliphatic heterocycles. The molecule has 0 saturated carbocycles. The highest BCUT2D eigenvalue weighted by molar-refractivity contribution is 7.89. The van der Waals surface area contributed by atoms with E-state index < -0.39 is 37.7 Å². The lowest BCUT2D eigenvalue weighted by molar-refractivity contribution is -0.137. The van der Waals surface area contributed by atoms with Crippen LogP contribution in [0, 0.1) is 0 Å². The van der Waals surface area contributed by atoms with Crippen molar-refractivity contribution in [3.05, 3.63) is 64.7 Å². The van der Waals surface area contributed by atoms with Gasteiger partial charge in [-0.2, -0.15) is 17.5 Å². The van der Waals surface area contributed by atoms with Crippen LogP contribution in [-0.2, 0) is 16.2 Å². The highest BCUT2D eigenvalue weighted by atomic mass is 35.5. The largest absolute Gasteiger partial charge is 0.417 e. The minimum absolute atomic E-state index is 0.454. The monoisotopic (exact) mass is 377 g/mol. The predicted octanol–water partition coefficient (Wildman–Crippen LogP) is 4.74. The topological polar surface area (TPSA) is 37.4 Å². The molecule has 2 aromatic rings. The van der Waals surface area contributed by atoms with Crippen LogP contribution in [0.4, 0.5) is 13.2 Å². The molecule has 24 heavy (non-hydrogen) atoms. The molecule has 0 aromatic heterocycles. The maximum absolute atomic E-state index is 12.9. The number of alkyl halides is 3. The van der Waals surface area contributed by atoms with Gasteiger partial charge in [-0.25, -0.2) is 8.42 Å². The second kappa shape index (κ2) is 6.74. The highest BCUT2D eigenvalue weighted by Crippen LogP contribution is 2.37. The van der Waals surface area contributed by atoms with Crippen LogP contribution in [0.2, 0.25) is 5.02 Å². The molecule has 2 rings (SSSR count). The lowest BCUT2D eigenvalue weighted by Crippen LogP contribution is -2.30. The fraction of sp³-hybridized carbons (Fsp3) is 0.250. The van der Waals surface area contributed by atoms with Gasteiger partial charge in [0.15, 0.2) is 0 Å². The smallest absolute Gasteiger partial charge is 0.207 e. The van der Waals surface area contributed by atoms with Gasteiger partial charge in [0.25, 0.3) is 0 Å². The molecule has 0 saturated heterocycles. The van der Waals surface area contributed by atoms with Crippen molar-refractivity contribution in [1.82, 2.24) is 4.31 Å². The molecule has 3 nitrogen and oxygen atoms in total. The number of rotatable bonds is 4. The minimum atomic E-state index is -4.73. The molecule has 0 N–H and O–H groups in total. The molecule has 130 valence electrons. The number of sulfonamides is 1. The van der Waals surface area contributed by atoms with E-state index in [4.69, 9.17) is 11.6 Å². The molecule has 0 amide bonds. The molecular weight excluding hydrogens is 363 g/mol. The average molecular weight is 378 g/mol. The Balaban J connectivity index is 2.44. The van der Waals surface area contributed by atoms with E-state index in [1.54, 1.807) is 37.3 Å². The number of hydrogen-bond acceptors (Lipinski definition) is 2. The molecule has 0 unspecified atom stereocenters. The summed E-state index contributed by atoms with van der Waals surface area (Å²) in [5.41, 5.74) is -0.445. The minimum Gasteiger partial charge on any atom is -0.207 e. The zero-order chi connectivity index (χ0) is 18.1. The summed E-state index contributed by atoms with van der Waals surface area (Å²) in [5.74, 6) is 0. The Hall–Kier alpha value is -1.57. The van der Waals surface area contributed by atoms with E-state index in [-0.39, 0.29) is 0 Å². The first-order chi connectivity index (χ1) is 11.0. The molecule has 0 spiro atoms. The van der Waals surface area contributed by atoms with Gasteiger partial charge in [0.05, 0.1) is 15.5 Å². The highest BCUT2D eigenvalue weighted by Gasteiger charge is 2.35. The maximum Gasteiger partial charge on any atom is 0.417 e. The summed E-state index contributed by atoms with van der Waals surface area (Å²) >= 11 is 5.54. The molecule has 0 fully saturated rings. The third-order valence-electron chi connectivity index (χ3n) is 3.75. The van der Waals surface area contributed by atoms with Crippen molar-refractivity contribution in [1.29, 1.82) is 0 Å². The van der Waals surface area contributed by atoms with E-state index in [0.717, 1.165) is 22.0 Å². The van der Waals surface area contributed by atoms with E-state index in [1.165, 1.54) is 7.05 Å². The summed E-state index contributed by atoms with van der Waals surface area (Å²) in [5, 5.41) is -0.541. The Bertz CT molecular complexity index is 823. The van der Waals surface area contributed by atoms with Crippen LogP contribution in [0.3, 0.4) is 0 Å². The van der Waals surface area contributed by atoms with Gasteiger partial charge in [0.1, 0.15) is 0 Å². The van der Waals surface area contributed by atoms with Crippen molar-refractivity contribution in [2.24, 2.45) is 0 Å². The molecule has 0 aliphatic rings. The first-order valence-corrected chi connectivity index (χ1v) is 8.76. The third-order valence-corrected chi connectivity index (χ3v) is 6.00. The van der Waals surface area contributed by atoms with Crippen molar-refractivity contribution in [3.8, 4) is 0 Å². The molecule has 0 radical (unpaired) electrons. The number of nitrogens with zero attached hydrogens (tertiary/aromatic N) is 1. The molecule has 0 heterocycles. The summed E-state index contributed by atoms with van der Waals surface area (Å²) in [4.78, 5) is -0.454. The normalized spacial score (nSPS) is 14.0. The number of halogens is 4. The van der Waals surface area contributed by atoms with Gasteiger partial charge in [-0.1, -0.05) is 41.9 Å². The van der Waals surface area contributed by atoms with Gasteiger partial charge in [0.2, 0.25) is 10.0 Å². The van der Waals surface area contributed by atoms with Crippen molar-refractivity contribution < 1.29 is 21.6 Å². The maximum atomic E-state index is 12.9. The van der Waals surface area contributed by atoms with Gasteiger partial charge in [-0.15, -0.1) is 0 Å². The van der Waals surface area contributed by atoms with Gasteiger partial charge in [0, 0.05) is 13.1 Å². The fourth-order valence-corrected chi connectivity index (χ4v) is 3.80.